The van der Waals surface area contributed by atoms with Gasteiger partial charge in [-0.2, -0.15) is 0 Å². The third-order valence-electron chi connectivity index (χ3n) is 3.89. The van der Waals surface area contributed by atoms with E-state index in [1.165, 1.54) is 4.68 Å². The Bertz CT molecular complexity index is 727. The van der Waals surface area contributed by atoms with E-state index >= 15 is 0 Å². The molecule has 2 heterocycles. The first-order valence-electron chi connectivity index (χ1n) is 7.56. The number of amides is 1. The number of nitrogens with zero attached hydrogens (tertiary/aromatic N) is 3. The van der Waals surface area contributed by atoms with E-state index in [4.69, 9.17) is 0 Å². The summed E-state index contributed by atoms with van der Waals surface area (Å²) in [5.41, 5.74) is 0.358. The second-order valence-corrected chi connectivity index (χ2v) is 5.48. The predicted molar refractivity (Wildman–Crippen MR) is 89.7 cm³/mol. The maximum Gasteiger partial charge on any atom is 0.277 e. The van der Waals surface area contributed by atoms with Gasteiger partial charge in [0.25, 0.3) is 5.56 Å². The van der Waals surface area contributed by atoms with Gasteiger partial charge >= 0.3 is 0 Å². The van der Waals surface area contributed by atoms with E-state index in [9.17, 15) is 9.59 Å². The molecule has 0 radical (unpaired) electrons. The highest BCUT2D eigenvalue weighted by molar-refractivity contribution is 5.85. The highest BCUT2D eigenvalue weighted by Gasteiger charge is 2.14. The fourth-order valence-corrected chi connectivity index (χ4v) is 2.63. The lowest BCUT2D eigenvalue weighted by Gasteiger charge is -2.11. The monoisotopic (exact) mass is 337 g/mol. The Kier molecular flexibility index (Phi) is 6.06. The van der Waals surface area contributed by atoms with Gasteiger partial charge in [0, 0.05) is 19.0 Å². The number of rotatable bonds is 5. The zero-order valence-electron chi connectivity index (χ0n) is 12.7. The van der Waals surface area contributed by atoms with Gasteiger partial charge in [0.15, 0.2) is 0 Å². The summed E-state index contributed by atoms with van der Waals surface area (Å²) in [6.45, 7) is 1.89. The molecule has 0 saturated carbocycles. The molecule has 0 spiro atoms. The van der Waals surface area contributed by atoms with Crippen LogP contribution in [-0.2, 0) is 11.3 Å². The molecular formula is C15H20ClN5O2. The van der Waals surface area contributed by atoms with E-state index in [1.54, 1.807) is 18.2 Å². The maximum atomic E-state index is 12.2. The molecule has 1 fully saturated rings. The highest BCUT2D eigenvalue weighted by atomic mass is 35.5. The lowest BCUT2D eigenvalue weighted by Crippen LogP contribution is -2.38. The fraction of sp³-hybridized carbons (Fsp3) is 0.467. The van der Waals surface area contributed by atoms with Gasteiger partial charge in [0.2, 0.25) is 5.91 Å². The lowest BCUT2D eigenvalue weighted by atomic mass is 10.2. The van der Waals surface area contributed by atoms with E-state index in [1.807, 2.05) is 6.07 Å². The molecule has 23 heavy (non-hydrogen) atoms. The first-order valence-corrected chi connectivity index (χ1v) is 7.56. The molecule has 1 aliphatic rings. The van der Waals surface area contributed by atoms with Crippen LogP contribution in [0.2, 0.25) is 0 Å². The summed E-state index contributed by atoms with van der Waals surface area (Å²) in [5, 5.41) is 14.6. The quantitative estimate of drug-likeness (QED) is 0.828. The number of carbonyl (C=O) groups is 1. The summed E-state index contributed by atoms with van der Waals surface area (Å²) >= 11 is 0. The van der Waals surface area contributed by atoms with Crippen LogP contribution in [0.1, 0.15) is 19.3 Å². The number of aryl methyl sites for hydroxylation is 1. The fourth-order valence-electron chi connectivity index (χ4n) is 2.63. The van der Waals surface area contributed by atoms with Gasteiger partial charge in [-0.15, -0.1) is 17.5 Å². The molecule has 8 heteroatoms. The first-order chi connectivity index (χ1) is 10.7. The average Bonchev–Trinajstić information content (AvgIpc) is 3.06. The van der Waals surface area contributed by atoms with Crippen molar-refractivity contribution in [2.75, 3.05) is 13.1 Å². The highest BCUT2D eigenvalue weighted by Crippen LogP contribution is 2.04. The molecule has 2 aromatic rings. The van der Waals surface area contributed by atoms with E-state index < -0.39 is 0 Å². The van der Waals surface area contributed by atoms with Crippen LogP contribution in [0.15, 0.2) is 29.1 Å². The molecule has 2 N–H and O–H groups in total. The molecule has 0 bridgehead atoms. The van der Waals surface area contributed by atoms with Crippen LogP contribution in [0.4, 0.5) is 0 Å². The van der Waals surface area contributed by atoms with Gasteiger partial charge in [0.05, 0.1) is 11.9 Å². The molecule has 1 aliphatic heterocycles. The summed E-state index contributed by atoms with van der Waals surface area (Å²) in [4.78, 5) is 24.1. The van der Waals surface area contributed by atoms with Crippen LogP contribution in [0.5, 0.6) is 0 Å². The number of nitrogens with one attached hydrogen (secondary N) is 2. The molecule has 1 atom stereocenters. The molecule has 1 unspecified atom stereocenters. The van der Waals surface area contributed by atoms with Crippen molar-refractivity contribution in [3.05, 3.63) is 34.6 Å². The second kappa shape index (κ2) is 8.03. The minimum absolute atomic E-state index is 0. The van der Waals surface area contributed by atoms with Crippen molar-refractivity contribution in [1.82, 2.24) is 25.6 Å². The minimum atomic E-state index is -0.212. The van der Waals surface area contributed by atoms with Crippen LogP contribution in [0.3, 0.4) is 0 Å². The number of halogens is 1. The van der Waals surface area contributed by atoms with Gasteiger partial charge in [-0.05, 0) is 31.5 Å². The summed E-state index contributed by atoms with van der Waals surface area (Å²) in [6, 6.07) is 7.43. The molecule has 1 aromatic carbocycles. The standard InChI is InChI=1S/C15H19N5O2.ClH/c21-14(17-10-11-4-3-8-16-11)7-9-20-15(22)12-5-1-2-6-13(12)18-19-20;/h1-2,5-6,11,16H,3-4,7-10H2,(H,17,21);1H. The van der Waals surface area contributed by atoms with Crippen LogP contribution in [0, 0.1) is 0 Å². The lowest BCUT2D eigenvalue weighted by molar-refractivity contribution is -0.121. The van der Waals surface area contributed by atoms with Crippen LogP contribution < -0.4 is 16.2 Å². The summed E-state index contributed by atoms with van der Waals surface area (Å²) in [5.74, 6) is -0.0736. The molecule has 1 aromatic heterocycles. The largest absolute Gasteiger partial charge is 0.354 e. The van der Waals surface area contributed by atoms with Crippen molar-refractivity contribution in [2.45, 2.75) is 31.8 Å². The zero-order chi connectivity index (χ0) is 15.4. The molecule has 7 nitrogen and oxygen atoms in total. The molecular weight excluding hydrogens is 318 g/mol. The Morgan fingerprint density at radius 3 is 3.00 bits per heavy atom. The van der Waals surface area contributed by atoms with E-state index in [0.29, 0.717) is 23.5 Å². The Morgan fingerprint density at radius 2 is 2.22 bits per heavy atom. The van der Waals surface area contributed by atoms with E-state index in [2.05, 4.69) is 20.9 Å². The maximum absolute atomic E-state index is 12.2. The van der Waals surface area contributed by atoms with Gasteiger partial charge in [-0.1, -0.05) is 17.3 Å². The number of hydrogen-bond acceptors (Lipinski definition) is 5. The van der Waals surface area contributed by atoms with Gasteiger partial charge in [-0.25, -0.2) is 4.68 Å². The zero-order valence-corrected chi connectivity index (χ0v) is 13.5. The van der Waals surface area contributed by atoms with Crippen molar-refractivity contribution in [3.63, 3.8) is 0 Å². The number of aromatic nitrogens is 3. The van der Waals surface area contributed by atoms with Gasteiger partial charge in [-0.3, -0.25) is 9.59 Å². The SMILES string of the molecule is Cl.O=C(CCn1nnc2ccccc2c1=O)NCC1CCCN1. The smallest absolute Gasteiger partial charge is 0.277 e. The topological polar surface area (TPSA) is 88.9 Å². The number of hydrogen-bond donors (Lipinski definition) is 2. The van der Waals surface area contributed by atoms with Crippen molar-refractivity contribution in [1.29, 1.82) is 0 Å². The van der Waals surface area contributed by atoms with Crippen LogP contribution in [0.25, 0.3) is 10.9 Å². The minimum Gasteiger partial charge on any atom is -0.354 e. The first kappa shape index (κ1) is 17.4. The van der Waals surface area contributed by atoms with E-state index in [0.717, 1.165) is 19.4 Å². The second-order valence-electron chi connectivity index (χ2n) is 5.48. The molecule has 1 saturated heterocycles. The van der Waals surface area contributed by atoms with Crippen molar-refractivity contribution in [2.24, 2.45) is 0 Å². The third-order valence-corrected chi connectivity index (χ3v) is 3.89. The number of fused-ring (bicyclic) bond motifs is 1. The van der Waals surface area contributed by atoms with Crippen LogP contribution >= 0.6 is 12.4 Å². The average molecular weight is 338 g/mol. The summed E-state index contributed by atoms with van der Waals surface area (Å²) in [7, 11) is 0. The van der Waals surface area contributed by atoms with Gasteiger partial charge in [0.1, 0.15) is 5.52 Å². The third kappa shape index (κ3) is 4.27. The number of benzene rings is 1. The summed E-state index contributed by atoms with van der Waals surface area (Å²) < 4.78 is 1.25. The van der Waals surface area contributed by atoms with Crippen molar-refractivity contribution >= 4 is 29.2 Å². The molecule has 3 rings (SSSR count). The Morgan fingerprint density at radius 1 is 1.39 bits per heavy atom. The number of carbonyl (C=O) groups excluding carboxylic acids is 1. The predicted octanol–water partition coefficient (Wildman–Crippen LogP) is 0.472. The Balaban J connectivity index is 0.00000192. The Hall–Kier alpha value is -1.99. The van der Waals surface area contributed by atoms with E-state index in [-0.39, 0.29) is 36.8 Å². The molecule has 124 valence electrons. The normalized spacial score (nSPS) is 17.0. The molecule has 1 amide bonds. The summed E-state index contributed by atoms with van der Waals surface area (Å²) in [6.07, 6.45) is 2.47. The Labute approximate surface area is 139 Å². The molecule has 0 aliphatic carbocycles. The van der Waals surface area contributed by atoms with Crippen molar-refractivity contribution < 1.29 is 4.79 Å². The van der Waals surface area contributed by atoms with Crippen molar-refractivity contribution in [3.8, 4) is 0 Å². The van der Waals surface area contributed by atoms with Crippen LogP contribution in [-0.4, -0.2) is 40.0 Å². The van der Waals surface area contributed by atoms with Gasteiger partial charge < -0.3 is 10.6 Å².